The molecule has 4 aliphatic rings. The molecule has 0 aliphatic carbocycles. The number of phenolic OH excluding ortho intramolecular Hbond substituents is 5. The molecule has 4 saturated heterocycles. The van der Waals surface area contributed by atoms with E-state index in [0.717, 1.165) is 48.6 Å². The lowest BCUT2D eigenvalue weighted by Crippen LogP contribution is -2.60. The van der Waals surface area contributed by atoms with Gasteiger partial charge in [-0.25, -0.2) is 18.8 Å². The first kappa shape index (κ1) is 72.4. The average Bonchev–Trinajstić information content (AvgIpc) is 0.762. The number of aliphatic hydroxyl groups is 13. The first-order valence-corrected chi connectivity index (χ1v) is 30.2. The van der Waals surface area contributed by atoms with E-state index in [1.54, 1.807) is 0 Å². The highest BCUT2D eigenvalue weighted by molar-refractivity contribution is 5.90. The van der Waals surface area contributed by atoms with Gasteiger partial charge in [0.25, 0.3) is 0 Å². The van der Waals surface area contributed by atoms with Crippen LogP contribution in [0.3, 0.4) is 0 Å². The molecule has 0 bridgehead atoms. The van der Waals surface area contributed by atoms with Gasteiger partial charge in [-0.05, 0) is 71.3 Å². The summed E-state index contributed by atoms with van der Waals surface area (Å²) in [4.78, 5) is 38.4. The molecule has 33 nitrogen and oxygen atoms in total. The molecule has 4 aliphatic heterocycles. The molecule has 4 fully saturated rings. The van der Waals surface area contributed by atoms with Gasteiger partial charge in [0.15, 0.2) is 11.5 Å². The van der Waals surface area contributed by atoms with Crippen LogP contribution < -0.4 is 18.9 Å². The summed E-state index contributed by atoms with van der Waals surface area (Å²) in [5.41, 5.74) is 0.564. The van der Waals surface area contributed by atoms with Crippen molar-refractivity contribution in [2.24, 2.45) is 0 Å². The Morgan fingerprint density at radius 1 is 0.394 bits per heavy atom. The van der Waals surface area contributed by atoms with Crippen LogP contribution in [0.15, 0.2) is 126 Å². The molecule has 0 amide bonds. The van der Waals surface area contributed by atoms with E-state index in [2.05, 4.69) is 0 Å². The summed E-state index contributed by atoms with van der Waals surface area (Å²) >= 11 is 0. The summed E-state index contributed by atoms with van der Waals surface area (Å²) < 4.78 is 69.2. The Morgan fingerprint density at radius 3 is 1.09 bits per heavy atom. The number of phenols is 5. The fourth-order valence-electron chi connectivity index (χ4n) is 10.4. The number of hydrogen-bond acceptors (Lipinski definition) is 32. The number of benzene rings is 5. The zero-order valence-corrected chi connectivity index (χ0v) is 51.3. The monoisotopic (exact) mass is 1390 g/mol. The molecule has 9 unspecified atom stereocenters. The molecule has 33 heteroatoms. The standard InChI is InChI=1S/C66H68O33/c67-24-42-50(76)54(80)59(85)66(96-42)95-41-23-36-37(71)21-35(91-63-58(84)55(81)51(77)43(97-63)25-88-46(72)16-7-28-1-10-32(68)11-2-28)22-38(36)92-62(41)31-19-39(93-64-60(86)56(82)52(78)44(98-64)26-89-47(73)17-8-29-3-12-33(69)13-4-29)49(75)40(20-31)94-65-61(87)57(83)53(79)45(99-65)27-90-48(74)18-9-30-5-14-34(70)15-6-30/h1-23,42-45,50-61,63-67,76-87H,24-27H2,(H4-,68,69,70,71,72,73,74,75)/p+1/t42?,43?,44-,45-,50-,51-,52-,53-,54?,55+,56?,57?,58?,59?,60?,61?,63-,64-,65-,66-/m1/s1. The van der Waals surface area contributed by atoms with E-state index >= 15 is 0 Å². The van der Waals surface area contributed by atoms with Crippen LogP contribution in [0.4, 0.5) is 0 Å². The Morgan fingerprint density at radius 2 is 0.727 bits per heavy atom. The second kappa shape index (κ2) is 31.7. The molecular formula is C66H69O33+. The number of aliphatic hydroxyl groups excluding tert-OH is 13. The molecule has 0 saturated carbocycles. The highest BCUT2D eigenvalue weighted by atomic mass is 16.7. The van der Waals surface area contributed by atoms with Crippen LogP contribution in [0.1, 0.15) is 16.7 Å². The summed E-state index contributed by atoms with van der Waals surface area (Å²) in [6.07, 6.45) is -32.7. The maximum atomic E-state index is 12.9. The number of fused-ring (bicyclic) bond motifs is 1. The number of rotatable bonds is 22. The first-order valence-electron chi connectivity index (χ1n) is 30.2. The summed E-state index contributed by atoms with van der Waals surface area (Å²) in [5, 5.41) is 195. The van der Waals surface area contributed by atoms with Gasteiger partial charge >= 0.3 is 29.3 Å². The van der Waals surface area contributed by atoms with Crippen LogP contribution in [0, 0.1) is 0 Å². The minimum Gasteiger partial charge on any atom is -0.508 e. The maximum absolute atomic E-state index is 12.9. The van der Waals surface area contributed by atoms with Gasteiger partial charge in [0, 0.05) is 42.5 Å². The third-order valence-electron chi connectivity index (χ3n) is 16.0. The SMILES string of the molecule is O=C(/C=C/c1ccc(O)cc1)OCC1O[C@@H](Oc2cc(O)c3cc(O[C@@H]4OC(CO)[C@@H](O)C(O)C4O)c(-c4cc(O[C@@H]5O[C@H](COC(=O)/C=C/c6ccc(O)cc6)[C@@H](O)C(O)C5O)c(O)c(O[C@@H]5O[C@H](COC(=O)/C=C/c6ccc(O)cc6)[C@@H](O)C(O)C5O)c4)[o+]c3c2)C(O)[C@@H](O)[C@@H]1O. The van der Waals surface area contributed by atoms with Crippen LogP contribution in [0.2, 0.25) is 0 Å². The average molecular weight is 1390 g/mol. The van der Waals surface area contributed by atoms with E-state index < -0.39 is 219 Å². The van der Waals surface area contributed by atoms with Crippen molar-refractivity contribution in [2.75, 3.05) is 26.4 Å². The number of aromatic hydroxyl groups is 5. The van der Waals surface area contributed by atoms with Crippen molar-refractivity contribution in [3.05, 3.63) is 138 Å². The molecule has 6 aromatic rings. The Hall–Kier alpha value is -9.34. The predicted octanol–water partition coefficient (Wildman–Crippen LogP) is -1.58. The molecule has 5 aromatic carbocycles. The number of hydrogen-bond donors (Lipinski definition) is 18. The smallest absolute Gasteiger partial charge is 0.402 e. The fraction of sp³-hybridized carbons (Fsp3) is 0.364. The Bertz CT molecular complexity index is 3740. The quantitative estimate of drug-likeness (QED) is 0.0158. The highest BCUT2D eigenvalue weighted by Gasteiger charge is 2.50. The van der Waals surface area contributed by atoms with Crippen LogP contribution in [0.25, 0.3) is 40.5 Å². The van der Waals surface area contributed by atoms with E-state index in [9.17, 15) is 106 Å². The highest BCUT2D eigenvalue weighted by Crippen LogP contribution is 2.48. The van der Waals surface area contributed by atoms with E-state index in [1.165, 1.54) is 91.0 Å². The molecule has 0 radical (unpaired) electrons. The minimum atomic E-state index is -2.23. The lowest BCUT2D eigenvalue weighted by atomic mass is 9.99. The number of esters is 3. The van der Waals surface area contributed by atoms with Crippen molar-refractivity contribution in [3.8, 4) is 63.1 Å². The number of carbonyl (C=O) groups is 3. The Balaban J connectivity index is 1.01. The fourth-order valence-corrected chi connectivity index (χ4v) is 10.4. The molecule has 530 valence electrons. The number of carbonyl (C=O) groups excluding carboxylic acids is 3. The van der Waals surface area contributed by atoms with Gasteiger partial charge in [-0.2, -0.15) is 0 Å². The maximum Gasteiger partial charge on any atom is 0.402 e. The predicted molar refractivity (Wildman–Crippen MR) is 330 cm³/mol. The van der Waals surface area contributed by atoms with Gasteiger partial charge in [-0.3, -0.25) is 0 Å². The zero-order valence-electron chi connectivity index (χ0n) is 51.3. The third kappa shape index (κ3) is 17.2. The topological polar surface area (TPSA) is 528 Å². The number of ether oxygens (including phenoxy) is 11. The van der Waals surface area contributed by atoms with Crippen LogP contribution >= 0.6 is 0 Å². The summed E-state index contributed by atoms with van der Waals surface area (Å²) in [6, 6.07) is 21.9. The van der Waals surface area contributed by atoms with E-state index in [-0.39, 0.29) is 22.6 Å². The first-order chi connectivity index (χ1) is 47.2. The lowest BCUT2D eigenvalue weighted by Gasteiger charge is -2.40. The molecule has 99 heavy (non-hydrogen) atoms. The summed E-state index contributed by atoms with van der Waals surface area (Å²) in [5.74, 6) is -8.27. The van der Waals surface area contributed by atoms with Crippen molar-refractivity contribution < 1.29 is 163 Å². The molecule has 5 heterocycles. The van der Waals surface area contributed by atoms with Crippen molar-refractivity contribution in [1.82, 2.24) is 0 Å². The van der Waals surface area contributed by atoms with Gasteiger partial charge in [0.1, 0.15) is 152 Å². The van der Waals surface area contributed by atoms with E-state index in [4.69, 9.17) is 56.5 Å². The van der Waals surface area contributed by atoms with Crippen molar-refractivity contribution in [3.63, 3.8) is 0 Å². The molecule has 18 N–H and O–H groups in total. The van der Waals surface area contributed by atoms with Gasteiger partial charge in [0.2, 0.25) is 36.7 Å². The lowest BCUT2D eigenvalue weighted by molar-refractivity contribution is -0.279. The van der Waals surface area contributed by atoms with Crippen LogP contribution in [-0.4, -0.2) is 259 Å². The second-order valence-electron chi connectivity index (χ2n) is 23.0. The van der Waals surface area contributed by atoms with E-state index in [0.29, 0.717) is 16.7 Å². The Kier molecular flexibility index (Phi) is 23.2. The summed E-state index contributed by atoms with van der Waals surface area (Å²) in [7, 11) is 0. The molecule has 0 spiro atoms. The second-order valence-corrected chi connectivity index (χ2v) is 23.0. The third-order valence-corrected chi connectivity index (χ3v) is 16.0. The van der Waals surface area contributed by atoms with Crippen molar-refractivity contribution >= 4 is 47.1 Å². The van der Waals surface area contributed by atoms with Crippen molar-refractivity contribution in [1.29, 1.82) is 0 Å². The van der Waals surface area contributed by atoms with Gasteiger partial charge in [0.05, 0.1) is 18.2 Å². The normalized spacial score (nSPS) is 30.3. The Labute approximate surface area is 558 Å². The molecule has 10 rings (SSSR count). The molecule has 20 atom stereocenters. The van der Waals surface area contributed by atoms with Gasteiger partial charge < -0.3 is 144 Å². The minimum absolute atomic E-state index is 0.0260. The van der Waals surface area contributed by atoms with Gasteiger partial charge in [-0.1, -0.05) is 36.4 Å². The van der Waals surface area contributed by atoms with Crippen LogP contribution in [-0.2, 0) is 47.5 Å². The summed E-state index contributed by atoms with van der Waals surface area (Å²) in [6.45, 7) is -3.31. The van der Waals surface area contributed by atoms with Gasteiger partial charge in [-0.15, -0.1) is 0 Å². The van der Waals surface area contributed by atoms with Crippen molar-refractivity contribution in [2.45, 2.75) is 123 Å². The van der Waals surface area contributed by atoms with Crippen LogP contribution in [0.5, 0.6) is 51.7 Å². The van der Waals surface area contributed by atoms with E-state index in [1.807, 2.05) is 0 Å². The molecule has 1 aromatic heterocycles. The zero-order chi connectivity index (χ0) is 71.1. The largest absolute Gasteiger partial charge is 0.508 e. The molecular weight excluding hydrogens is 1320 g/mol.